The summed E-state index contributed by atoms with van der Waals surface area (Å²) >= 11 is 6.83. The van der Waals surface area contributed by atoms with Crippen molar-refractivity contribution in [2.24, 2.45) is 9.98 Å². The summed E-state index contributed by atoms with van der Waals surface area (Å²) in [5.41, 5.74) is 4.08. The Hall–Kier alpha value is -2.11. The molecule has 4 aromatic rings. The first kappa shape index (κ1) is 45.9. The predicted octanol–water partition coefficient (Wildman–Crippen LogP) is 7.14. The van der Waals surface area contributed by atoms with Crippen LogP contribution in [0.4, 0.5) is 22.7 Å². The van der Waals surface area contributed by atoms with Gasteiger partial charge in [0.25, 0.3) is 0 Å². The van der Waals surface area contributed by atoms with Crippen LogP contribution in [0.1, 0.15) is 19.8 Å². The number of unbranched alkanes of at least 4 members (excludes halogenated alkanes) is 1. The maximum absolute atomic E-state index is 4.47. The molecular weight excluding hydrogens is 655 g/mol. The molecule has 4 aromatic carbocycles. The number of nitrogens with one attached hydrogen (secondary N) is 1. The normalized spacial score (nSPS) is 10.5. The number of anilines is 1. The predicted molar refractivity (Wildman–Crippen MR) is 214 cm³/mol. The SMILES string of the molecule is CSc1ccccc1N=C/C=C\Nc1ccccc1SC.CSc1ccccc1N=C/C=C\[N-]c1ccccc1SC.[CH2-]CCC.[Li+].[Li+]. The van der Waals surface area contributed by atoms with Crippen LogP contribution in [0.3, 0.4) is 0 Å². The van der Waals surface area contributed by atoms with Gasteiger partial charge in [0.1, 0.15) is 0 Å². The second kappa shape index (κ2) is 29.8. The number of allylic oxidation sites excluding steroid dienone is 2. The van der Waals surface area contributed by atoms with Crippen molar-refractivity contribution in [2.75, 3.05) is 30.3 Å². The number of benzene rings is 4. The third-order valence-electron chi connectivity index (χ3n) is 5.95. The summed E-state index contributed by atoms with van der Waals surface area (Å²) in [6.07, 6.45) is 21.6. The Kier molecular flexibility index (Phi) is 28.5. The van der Waals surface area contributed by atoms with Crippen LogP contribution in [-0.2, 0) is 0 Å². The van der Waals surface area contributed by atoms with Crippen LogP contribution in [0, 0.1) is 6.92 Å². The molecule has 0 bridgehead atoms. The molecule has 4 nitrogen and oxygen atoms in total. The molecule has 0 atom stereocenters. The summed E-state index contributed by atoms with van der Waals surface area (Å²) in [4.78, 5) is 13.7. The van der Waals surface area contributed by atoms with Gasteiger partial charge >= 0.3 is 37.7 Å². The smallest absolute Gasteiger partial charge is 0.663 e. The van der Waals surface area contributed by atoms with Crippen LogP contribution in [-0.4, -0.2) is 37.5 Å². The Morgan fingerprint density at radius 3 is 1.58 bits per heavy atom. The maximum Gasteiger partial charge on any atom is 1.00 e. The number of para-hydroxylation sites is 4. The molecule has 0 amide bonds. The summed E-state index contributed by atoms with van der Waals surface area (Å²) in [7, 11) is 0. The van der Waals surface area contributed by atoms with E-state index in [0.717, 1.165) is 29.2 Å². The average Bonchev–Trinajstić information content (AvgIpc) is 3.12. The van der Waals surface area contributed by atoms with Crippen molar-refractivity contribution in [2.45, 2.75) is 39.3 Å². The van der Waals surface area contributed by atoms with E-state index in [1.807, 2.05) is 91.3 Å². The van der Waals surface area contributed by atoms with E-state index in [9.17, 15) is 0 Å². The molecule has 0 saturated heterocycles. The summed E-state index contributed by atoms with van der Waals surface area (Å²) in [5, 5.41) is 7.73. The van der Waals surface area contributed by atoms with E-state index >= 15 is 0 Å². The monoisotopic (exact) mass is 698 g/mol. The Labute approximate surface area is 330 Å². The molecule has 0 spiro atoms. The molecule has 10 heteroatoms. The molecule has 0 unspecified atom stereocenters. The third kappa shape index (κ3) is 18.0. The van der Waals surface area contributed by atoms with Gasteiger partial charge in [0, 0.05) is 33.3 Å². The molecule has 0 aliphatic carbocycles. The van der Waals surface area contributed by atoms with E-state index in [2.05, 4.69) is 89.8 Å². The summed E-state index contributed by atoms with van der Waals surface area (Å²) in [5.74, 6) is 0. The molecule has 0 aliphatic rings. The first-order valence-corrected chi connectivity index (χ1v) is 19.7. The zero-order chi connectivity index (χ0) is 33.2. The molecule has 1 N–H and O–H groups in total. The fourth-order valence-electron chi connectivity index (χ4n) is 3.56. The summed E-state index contributed by atoms with van der Waals surface area (Å²) in [6, 6.07) is 32.6. The van der Waals surface area contributed by atoms with Gasteiger partial charge in [-0.1, -0.05) is 74.0 Å². The van der Waals surface area contributed by atoms with Gasteiger partial charge in [0.15, 0.2) is 0 Å². The number of nitrogens with zero attached hydrogens (tertiary/aromatic N) is 3. The average molecular weight is 699 g/mol. The van der Waals surface area contributed by atoms with E-state index in [1.165, 1.54) is 26.0 Å². The minimum atomic E-state index is 0. The number of hydrogen-bond donors (Lipinski definition) is 1. The van der Waals surface area contributed by atoms with Crippen LogP contribution in [0.5, 0.6) is 0 Å². The zero-order valence-electron chi connectivity index (χ0n) is 29.3. The maximum atomic E-state index is 4.47. The van der Waals surface area contributed by atoms with Crippen LogP contribution in [0.15, 0.2) is 151 Å². The fraction of sp³-hybridized carbons (Fsp3) is 0.184. The topological polar surface area (TPSA) is 50.9 Å². The van der Waals surface area contributed by atoms with E-state index in [1.54, 1.807) is 59.5 Å². The van der Waals surface area contributed by atoms with Gasteiger partial charge in [-0.15, -0.1) is 52.7 Å². The van der Waals surface area contributed by atoms with Crippen LogP contribution < -0.4 is 43.0 Å². The molecule has 48 heavy (non-hydrogen) atoms. The minimum absolute atomic E-state index is 0. The zero-order valence-corrected chi connectivity index (χ0v) is 32.6. The van der Waals surface area contributed by atoms with Gasteiger partial charge in [-0.2, -0.15) is 12.6 Å². The quantitative estimate of drug-likeness (QED) is 0.0697. The Morgan fingerprint density at radius 1 is 0.625 bits per heavy atom. The first-order valence-electron chi connectivity index (χ1n) is 14.8. The second-order valence-electron chi connectivity index (χ2n) is 9.10. The van der Waals surface area contributed by atoms with Crippen LogP contribution in [0.25, 0.3) is 5.32 Å². The summed E-state index contributed by atoms with van der Waals surface area (Å²) in [6.45, 7) is 5.72. The van der Waals surface area contributed by atoms with Crippen LogP contribution in [0.2, 0.25) is 0 Å². The molecule has 4 rings (SSSR count). The van der Waals surface area contributed by atoms with Gasteiger partial charge in [-0.25, -0.2) is 0 Å². The second-order valence-corrected chi connectivity index (χ2v) is 12.5. The number of rotatable bonds is 13. The van der Waals surface area contributed by atoms with Crippen molar-refractivity contribution in [3.63, 3.8) is 0 Å². The van der Waals surface area contributed by atoms with E-state index < -0.39 is 0 Å². The minimum Gasteiger partial charge on any atom is -0.663 e. The van der Waals surface area contributed by atoms with Crippen molar-refractivity contribution in [1.82, 2.24) is 0 Å². The number of hydrogen-bond acceptors (Lipinski definition) is 7. The molecule has 0 radical (unpaired) electrons. The molecule has 0 aliphatic heterocycles. The van der Waals surface area contributed by atoms with Crippen molar-refractivity contribution in [3.05, 3.63) is 134 Å². The Bertz CT molecular complexity index is 1430. The largest absolute Gasteiger partial charge is 1.00 e. The van der Waals surface area contributed by atoms with Gasteiger partial charge in [-0.3, -0.25) is 9.98 Å². The number of aliphatic imine (C=N–C) groups is 2. The van der Waals surface area contributed by atoms with E-state index in [4.69, 9.17) is 0 Å². The first-order chi connectivity index (χ1) is 22.6. The molecule has 0 fully saturated rings. The van der Waals surface area contributed by atoms with Crippen molar-refractivity contribution in [3.8, 4) is 0 Å². The van der Waals surface area contributed by atoms with Crippen LogP contribution >= 0.6 is 47.0 Å². The molecular formula is C38H44Li2N4S4. The molecule has 242 valence electrons. The van der Waals surface area contributed by atoms with Gasteiger partial charge in [0.05, 0.1) is 17.1 Å². The fourth-order valence-corrected chi connectivity index (χ4v) is 5.76. The van der Waals surface area contributed by atoms with Gasteiger partial charge in [0.2, 0.25) is 0 Å². The molecule has 0 saturated carbocycles. The third-order valence-corrected chi connectivity index (χ3v) is 9.10. The Balaban J connectivity index is 0.000000798. The van der Waals surface area contributed by atoms with Crippen molar-refractivity contribution >= 4 is 82.2 Å². The number of thioether (sulfide) groups is 4. The van der Waals surface area contributed by atoms with Crippen molar-refractivity contribution in [1.29, 1.82) is 0 Å². The van der Waals surface area contributed by atoms with Crippen molar-refractivity contribution < 1.29 is 37.7 Å². The Morgan fingerprint density at radius 2 is 1.06 bits per heavy atom. The van der Waals surface area contributed by atoms with Gasteiger partial charge < -0.3 is 17.6 Å². The van der Waals surface area contributed by atoms with E-state index in [0.29, 0.717) is 0 Å². The standard InChI is InChI=1S/C17H18N2S2.C17H17N2S2.C4H9.2Li/c2*1-20-16-10-5-3-8-14(16)18-12-7-13-19-15-9-4-6-11-17(15)21-2;1-3-4-2;;/h3-13,18H,1-2H3;3-13H,1-2H3;1,3-4H2,2H3;;/q;2*-1;2*+1/b2*12-7-,19-13?;;;. The molecule has 0 aromatic heterocycles. The van der Waals surface area contributed by atoms with E-state index in [-0.39, 0.29) is 37.7 Å². The molecule has 0 heterocycles. The summed E-state index contributed by atoms with van der Waals surface area (Å²) < 4.78 is 0. The van der Waals surface area contributed by atoms with Gasteiger partial charge in [-0.05, 0) is 78.5 Å².